The lowest BCUT2D eigenvalue weighted by Gasteiger charge is -2.03. The fourth-order valence-electron chi connectivity index (χ4n) is 2.37. The molecule has 0 atom stereocenters. The molecule has 9 heteroatoms. The maximum atomic E-state index is 12.1. The van der Waals surface area contributed by atoms with E-state index in [4.69, 9.17) is 9.47 Å². The SMILES string of the molecule is COC(=O)c1ccc(C(=O)OCc2cn3cccc(C(=O)OC)c3n2)cn1. The fraction of sp³-hybridized carbons (Fsp3) is 0.167. The van der Waals surface area contributed by atoms with Crippen LogP contribution in [0.5, 0.6) is 0 Å². The van der Waals surface area contributed by atoms with Gasteiger partial charge in [-0.15, -0.1) is 0 Å². The van der Waals surface area contributed by atoms with Crippen molar-refractivity contribution in [3.63, 3.8) is 0 Å². The summed E-state index contributed by atoms with van der Waals surface area (Å²) < 4.78 is 16.1. The summed E-state index contributed by atoms with van der Waals surface area (Å²) in [5.74, 6) is -1.73. The van der Waals surface area contributed by atoms with Gasteiger partial charge in [0.1, 0.15) is 17.9 Å². The summed E-state index contributed by atoms with van der Waals surface area (Å²) in [5.41, 5.74) is 1.44. The molecule has 0 fully saturated rings. The van der Waals surface area contributed by atoms with Crippen molar-refractivity contribution in [1.82, 2.24) is 14.4 Å². The summed E-state index contributed by atoms with van der Waals surface area (Å²) in [4.78, 5) is 43.4. The van der Waals surface area contributed by atoms with Gasteiger partial charge in [-0.3, -0.25) is 0 Å². The number of nitrogens with zero attached hydrogens (tertiary/aromatic N) is 3. The highest BCUT2D eigenvalue weighted by Gasteiger charge is 2.15. The minimum atomic E-state index is -0.621. The lowest BCUT2D eigenvalue weighted by atomic mass is 10.2. The minimum Gasteiger partial charge on any atom is -0.465 e. The summed E-state index contributed by atoms with van der Waals surface area (Å²) in [6.45, 7) is -0.0973. The van der Waals surface area contributed by atoms with Crippen LogP contribution < -0.4 is 0 Å². The first-order valence-electron chi connectivity index (χ1n) is 7.80. The number of rotatable bonds is 5. The van der Waals surface area contributed by atoms with Crippen molar-refractivity contribution in [3.8, 4) is 0 Å². The van der Waals surface area contributed by atoms with Crippen molar-refractivity contribution in [3.05, 3.63) is 65.4 Å². The van der Waals surface area contributed by atoms with Crippen LogP contribution in [0.4, 0.5) is 0 Å². The van der Waals surface area contributed by atoms with Gasteiger partial charge >= 0.3 is 17.9 Å². The van der Waals surface area contributed by atoms with E-state index in [1.807, 2.05) is 0 Å². The summed E-state index contributed by atoms with van der Waals surface area (Å²) in [7, 11) is 2.53. The molecule has 3 aromatic rings. The molecular formula is C18H15N3O6. The first-order valence-corrected chi connectivity index (χ1v) is 7.80. The normalized spacial score (nSPS) is 10.4. The van der Waals surface area contributed by atoms with E-state index in [0.717, 1.165) is 0 Å². The molecule has 0 spiro atoms. The fourth-order valence-corrected chi connectivity index (χ4v) is 2.37. The van der Waals surface area contributed by atoms with Crippen LogP contribution in [0.2, 0.25) is 0 Å². The summed E-state index contributed by atoms with van der Waals surface area (Å²) in [6.07, 6.45) is 4.59. The highest BCUT2D eigenvalue weighted by molar-refractivity contribution is 5.95. The molecule has 0 amide bonds. The van der Waals surface area contributed by atoms with Crippen molar-refractivity contribution in [2.45, 2.75) is 6.61 Å². The Bertz CT molecular complexity index is 1010. The van der Waals surface area contributed by atoms with Crippen LogP contribution in [-0.2, 0) is 20.8 Å². The van der Waals surface area contributed by atoms with Gasteiger partial charge in [0.2, 0.25) is 0 Å². The second-order valence-corrected chi connectivity index (χ2v) is 5.38. The zero-order valence-corrected chi connectivity index (χ0v) is 14.5. The molecule has 0 aromatic carbocycles. The van der Waals surface area contributed by atoms with E-state index >= 15 is 0 Å². The maximum Gasteiger partial charge on any atom is 0.356 e. The van der Waals surface area contributed by atoms with Crippen LogP contribution >= 0.6 is 0 Å². The Labute approximate surface area is 153 Å². The Hall–Kier alpha value is -3.75. The van der Waals surface area contributed by atoms with Gasteiger partial charge in [-0.05, 0) is 24.3 Å². The molecule has 3 aromatic heterocycles. The van der Waals surface area contributed by atoms with Crippen LogP contribution in [0.1, 0.15) is 36.9 Å². The van der Waals surface area contributed by atoms with E-state index in [-0.39, 0.29) is 17.9 Å². The molecule has 0 bridgehead atoms. The van der Waals surface area contributed by atoms with Gasteiger partial charge in [-0.25, -0.2) is 24.4 Å². The number of carbonyl (C=O) groups excluding carboxylic acids is 3. The van der Waals surface area contributed by atoms with Gasteiger partial charge in [0.05, 0.1) is 25.5 Å². The zero-order valence-electron chi connectivity index (χ0n) is 14.5. The molecular weight excluding hydrogens is 354 g/mol. The monoisotopic (exact) mass is 369 g/mol. The Morgan fingerprint density at radius 3 is 2.48 bits per heavy atom. The topological polar surface area (TPSA) is 109 Å². The van der Waals surface area contributed by atoms with Crippen LogP contribution in [0.15, 0.2) is 42.9 Å². The Morgan fingerprint density at radius 2 is 1.81 bits per heavy atom. The molecule has 0 aliphatic carbocycles. The number of hydrogen-bond acceptors (Lipinski definition) is 8. The predicted octanol–water partition coefficient (Wildman–Crippen LogP) is 1.66. The molecule has 138 valence electrons. The molecule has 0 saturated heterocycles. The van der Waals surface area contributed by atoms with Gasteiger partial charge in [0.15, 0.2) is 5.65 Å². The smallest absolute Gasteiger partial charge is 0.356 e. The van der Waals surface area contributed by atoms with Crippen molar-refractivity contribution in [2.75, 3.05) is 14.2 Å². The van der Waals surface area contributed by atoms with Gasteiger partial charge in [-0.2, -0.15) is 0 Å². The van der Waals surface area contributed by atoms with Gasteiger partial charge in [-0.1, -0.05) is 0 Å². The van der Waals surface area contributed by atoms with Crippen LogP contribution in [0, 0.1) is 0 Å². The van der Waals surface area contributed by atoms with E-state index in [2.05, 4.69) is 14.7 Å². The molecule has 27 heavy (non-hydrogen) atoms. The molecule has 0 aliphatic rings. The number of hydrogen-bond donors (Lipinski definition) is 0. The third kappa shape index (κ3) is 3.76. The minimum absolute atomic E-state index is 0.0877. The first-order chi connectivity index (χ1) is 13.0. The summed E-state index contributed by atoms with van der Waals surface area (Å²) >= 11 is 0. The molecule has 0 unspecified atom stereocenters. The first kappa shape index (κ1) is 18.1. The largest absolute Gasteiger partial charge is 0.465 e. The number of carbonyl (C=O) groups is 3. The average Bonchev–Trinajstić information content (AvgIpc) is 3.14. The Morgan fingerprint density at radius 1 is 1.04 bits per heavy atom. The van der Waals surface area contributed by atoms with Crippen molar-refractivity contribution in [1.29, 1.82) is 0 Å². The second kappa shape index (κ2) is 7.65. The number of ether oxygens (including phenoxy) is 3. The second-order valence-electron chi connectivity index (χ2n) is 5.38. The van der Waals surface area contributed by atoms with E-state index in [1.54, 1.807) is 28.9 Å². The predicted molar refractivity (Wildman–Crippen MR) is 91.2 cm³/mol. The number of imidazole rings is 1. The standard InChI is InChI=1S/C18H15N3O6/c1-25-17(23)13-4-3-7-21-9-12(20-15(13)21)10-27-16(22)11-5-6-14(19-8-11)18(24)26-2/h3-9H,10H2,1-2H3. The van der Waals surface area contributed by atoms with Crippen molar-refractivity contribution < 1.29 is 28.6 Å². The highest BCUT2D eigenvalue weighted by Crippen LogP contribution is 2.14. The molecule has 9 nitrogen and oxygen atoms in total. The Kier molecular flexibility index (Phi) is 5.11. The van der Waals surface area contributed by atoms with Gasteiger partial charge < -0.3 is 18.6 Å². The zero-order chi connectivity index (χ0) is 19.4. The molecule has 3 rings (SSSR count). The van der Waals surface area contributed by atoms with Crippen molar-refractivity contribution in [2.24, 2.45) is 0 Å². The number of methoxy groups -OCH3 is 2. The van der Waals surface area contributed by atoms with E-state index in [1.165, 1.54) is 32.5 Å². The summed E-state index contributed by atoms with van der Waals surface area (Å²) in [6, 6.07) is 6.07. The summed E-state index contributed by atoms with van der Waals surface area (Å²) in [5, 5.41) is 0. The average molecular weight is 369 g/mol. The van der Waals surface area contributed by atoms with Gasteiger partial charge in [0.25, 0.3) is 0 Å². The third-order valence-electron chi connectivity index (χ3n) is 3.68. The molecule has 0 N–H and O–H groups in total. The van der Waals surface area contributed by atoms with E-state index < -0.39 is 17.9 Å². The third-order valence-corrected chi connectivity index (χ3v) is 3.68. The lowest BCUT2D eigenvalue weighted by Crippen LogP contribution is -2.09. The number of pyridine rings is 2. The van der Waals surface area contributed by atoms with E-state index in [0.29, 0.717) is 16.9 Å². The van der Waals surface area contributed by atoms with Crippen LogP contribution in [0.3, 0.4) is 0 Å². The Balaban J connectivity index is 1.72. The van der Waals surface area contributed by atoms with E-state index in [9.17, 15) is 14.4 Å². The number of fused-ring (bicyclic) bond motifs is 1. The molecule has 0 aliphatic heterocycles. The molecule has 3 heterocycles. The van der Waals surface area contributed by atoms with Crippen LogP contribution in [-0.4, -0.2) is 46.5 Å². The number of aromatic nitrogens is 3. The number of esters is 3. The lowest BCUT2D eigenvalue weighted by molar-refractivity contribution is 0.0465. The molecule has 0 saturated carbocycles. The quantitative estimate of drug-likeness (QED) is 0.493. The highest BCUT2D eigenvalue weighted by atomic mass is 16.5. The molecule has 0 radical (unpaired) electrons. The van der Waals surface area contributed by atoms with Crippen LogP contribution in [0.25, 0.3) is 5.65 Å². The van der Waals surface area contributed by atoms with Gasteiger partial charge in [0, 0.05) is 18.6 Å². The maximum absolute atomic E-state index is 12.1. The van der Waals surface area contributed by atoms with Crippen molar-refractivity contribution >= 4 is 23.6 Å².